The summed E-state index contributed by atoms with van der Waals surface area (Å²) in [7, 11) is -1.99. The maximum Gasteiger partial charge on any atom is 0.229 e. The molecule has 4 heterocycles. The molecule has 37 heavy (non-hydrogen) atoms. The standard InChI is InChI=1S/C26H26N6O3S2/c1-17-9-12-22(31(17)19-7-6-13-27-16-19)25-24(21-8-4-5-14-28-21)29-26(36)32(25)18-10-11-20(23(15-18)35-2)30-37(3,33)34/h4-16,24-25,30H,1-3H3,(H,29,36)/t24-,25-/m0/s1. The van der Waals surface area contributed by atoms with Gasteiger partial charge in [-0.3, -0.25) is 14.7 Å². The number of hydrogen-bond acceptors (Lipinski definition) is 6. The zero-order valence-electron chi connectivity index (χ0n) is 20.5. The van der Waals surface area contributed by atoms with Gasteiger partial charge >= 0.3 is 0 Å². The molecule has 0 spiro atoms. The van der Waals surface area contributed by atoms with Crippen LogP contribution < -0.4 is 19.7 Å². The monoisotopic (exact) mass is 534 g/mol. The first-order chi connectivity index (χ1) is 17.8. The summed E-state index contributed by atoms with van der Waals surface area (Å²) in [4.78, 5) is 11.0. The predicted octanol–water partition coefficient (Wildman–Crippen LogP) is 4.13. The number of nitrogens with one attached hydrogen (secondary N) is 2. The average molecular weight is 535 g/mol. The third-order valence-corrected chi connectivity index (χ3v) is 7.08. The van der Waals surface area contributed by atoms with E-state index in [4.69, 9.17) is 17.0 Å². The van der Waals surface area contributed by atoms with Crippen LogP contribution in [0.2, 0.25) is 0 Å². The van der Waals surface area contributed by atoms with E-state index in [-0.39, 0.29) is 12.1 Å². The molecule has 11 heteroatoms. The number of methoxy groups -OCH3 is 1. The lowest BCUT2D eigenvalue weighted by Gasteiger charge is -2.29. The molecule has 0 unspecified atom stereocenters. The molecule has 1 aliphatic heterocycles. The number of nitrogens with zero attached hydrogens (tertiary/aromatic N) is 4. The minimum absolute atomic E-state index is 0.252. The molecular weight excluding hydrogens is 508 g/mol. The zero-order valence-corrected chi connectivity index (χ0v) is 22.1. The van der Waals surface area contributed by atoms with Gasteiger partial charge < -0.3 is 19.5 Å². The van der Waals surface area contributed by atoms with Crippen molar-refractivity contribution in [2.45, 2.75) is 19.0 Å². The number of ether oxygens (including phenoxy) is 1. The molecule has 1 fully saturated rings. The molecule has 0 amide bonds. The second kappa shape index (κ2) is 9.83. The average Bonchev–Trinajstić information content (AvgIpc) is 3.43. The molecule has 2 atom stereocenters. The van der Waals surface area contributed by atoms with E-state index in [1.54, 1.807) is 24.5 Å². The fraction of sp³-hybridized carbons (Fsp3) is 0.192. The Labute approximate surface area is 221 Å². The summed E-state index contributed by atoms with van der Waals surface area (Å²) in [5.41, 5.74) is 4.91. The molecule has 1 aromatic carbocycles. The van der Waals surface area contributed by atoms with Gasteiger partial charge in [-0.2, -0.15) is 0 Å². The molecule has 0 bridgehead atoms. The summed E-state index contributed by atoms with van der Waals surface area (Å²) in [6, 6.07) is 18.6. The van der Waals surface area contributed by atoms with E-state index in [1.807, 2.05) is 54.4 Å². The smallest absolute Gasteiger partial charge is 0.229 e. The van der Waals surface area contributed by atoms with Gasteiger partial charge in [0.25, 0.3) is 0 Å². The Kier molecular flexibility index (Phi) is 6.57. The third-order valence-electron chi connectivity index (χ3n) is 6.17. The largest absolute Gasteiger partial charge is 0.494 e. The van der Waals surface area contributed by atoms with Crippen LogP contribution in [0, 0.1) is 6.92 Å². The van der Waals surface area contributed by atoms with Gasteiger partial charge in [0.05, 0.1) is 42.7 Å². The number of sulfonamides is 1. The Morgan fingerprint density at radius 1 is 1.05 bits per heavy atom. The highest BCUT2D eigenvalue weighted by atomic mass is 32.2. The van der Waals surface area contributed by atoms with Crippen LogP contribution in [0.15, 0.2) is 79.3 Å². The Bertz CT molecular complexity index is 1540. The molecule has 0 saturated carbocycles. The second-order valence-electron chi connectivity index (χ2n) is 8.70. The van der Waals surface area contributed by atoms with Crippen LogP contribution in [0.1, 0.15) is 29.2 Å². The van der Waals surface area contributed by atoms with Crippen molar-refractivity contribution in [1.29, 1.82) is 0 Å². The number of hydrogen-bond donors (Lipinski definition) is 2. The second-order valence-corrected chi connectivity index (χ2v) is 10.8. The summed E-state index contributed by atoms with van der Waals surface area (Å²) in [5, 5.41) is 3.98. The molecular formula is C26H26N6O3S2. The Morgan fingerprint density at radius 3 is 2.57 bits per heavy atom. The number of aryl methyl sites for hydroxylation is 1. The van der Waals surface area contributed by atoms with Crippen molar-refractivity contribution < 1.29 is 13.2 Å². The molecule has 2 N–H and O–H groups in total. The molecule has 9 nitrogen and oxygen atoms in total. The van der Waals surface area contributed by atoms with Crippen LogP contribution in [0.25, 0.3) is 5.69 Å². The normalized spacial score (nSPS) is 17.5. The molecule has 1 aliphatic rings. The maximum absolute atomic E-state index is 11.9. The van der Waals surface area contributed by atoms with Crippen LogP contribution in [0.3, 0.4) is 0 Å². The Hall–Kier alpha value is -3.96. The Morgan fingerprint density at radius 2 is 1.89 bits per heavy atom. The number of rotatable bonds is 7. The minimum atomic E-state index is -3.48. The number of aromatic nitrogens is 3. The highest BCUT2D eigenvalue weighted by Crippen LogP contribution is 2.44. The number of benzene rings is 1. The maximum atomic E-state index is 11.9. The highest BCUT2D eigenvalue weighted by molar-refractivity contribution is 7.92. The SMILES string of the molecule is COc1cc(N2C(=S)N[C@@H](c3ccccn3)[C@@H]2c2ccc(C)n2-c2cccnc2)ccc1NS(C)(=O)=O. The van der Waals surface area contributed by atoms with Crippen LogP contribution >= 0.6 is 12.2 Å². The molecule has 3 aromatic heterocycles. The number of pyridine rings is 2. The third kappa shape index (κ3) is 4.87. The van der Waals surface area contributed by atoms with Crippen molar-refractivity contribution in [3.63, 3.8) is 0 Å². The summed E-state index contributed by atoms with van der Waals surface area (Å²) in [6.45, 7) is 2.05. The van der Waals surface area contributed by atoms with Crippen molar-refractivity contribution in [1.82, 2.24) is 19.9 Å². The van der Waals surface area contributed by atoms with Crippen molar-refractivity contribution in [3.8, 4) is 11.4 Å². The van der Waals surface area contributed by atoms with E-state index in [9.17, 15) is 8.42 Å². The van der Waals surface area contributed by atoms with Crippen molar-refractivity contribution in [2.75, 3.05) is 23.0 Å². The van der Waals surface area contributed by atoms with Gasteiger partial charge in [0.2, 0.25) is 10.0 Å². The van der Waals surface area contributed by atoms with Crippen LogP contribution in [-0.4, -0.2) is 41.4 Å². The van der Waals surface area contributed by atoms with E-state index in [0.29, 0.717) is 16.5 Å². The van der Waals surface area contributed by atoms with E-state index in [1.165, 1.54) is 7.11 Å². The van der Waals surface area contributed by atoms with Crippen molar-refractivity contribution in [2.24, 2.45) is 0 Å². The van der Waals surface area contributed by atoms with Gasteiger partial charge in [-0.1, -0.05) is 6.07 Å². The quantitative estimate of drug-likeness (QED) is 0.341. The molecule has 0 radical (unpaired) electrons. The lowest BCUT2D eigenvalue weighted by atomic mass is 10.0. The van der Waals surface area contributed by atoms with Crippen LogP contribution in [0.4, 0.5) is 11.4 Å². The van der Waals surface area contributed by atoms with Gasteiger partial charge in [-0.25, -0.2) is 8.42 Å². The van der Waals surface area contributed by atoms with E-state index < -0.39 is 10.0 Å². The first-order valence-electron chi connectivity index (χ1n) is 11.5. The molecule has 5 rings (SSSR count). The molecule has 4 aromatic rings. The first kappa shape index (κ1) is 24.7. The number of anilines is 2. The zero-order chi connectivity index (χ0) is 26.2. The van der Waals surface area contributed by atoms with Crippen LogP contribution in [-0.2, 0) is 10.0 Å². The lowest BCUT2D eigenvalue weighted by molar-refractivity contribution is 0.417. The van der Waals surface area contributed by atoms with E-state index in [2.05, 4.69) is 36.7 Å². The van der Waals surface area contributed by atoms with Crippen LogP contribution in [0.5, 0.6) is 5.75 Å². The predicted molar refractivity (Wildman–Crippen MR) is 148 cm³/mol. The van der Waals surface area contributed by atoms with Gasteiger partial charge in [0.1, 0.15) is 11.8 Å². The first-order valence-corrected chi connectivity index (χ1v) is 13.8. The molecule has 0 aliphatic carbocycles. The summed E-state index contributed by atoms with van der Waals surface area (Å²) in [5.74, 6) is 0.379. The van der Waals surface area contributed by atoms with Crippen molar-refractivity contribution >= 4 is 38.7 Å². The summed E-state index contributed by atoms with van der Waals surface area (Å²) < 4.78 is 33.9. The lowest BCUT2D eigenvalue weighted by Crippen LogP contribution is -2.30. The molecule has 190 valence electrons. The minimum Gasteiger partial charge on any atom is -0.494 e. The number of thiocarbonyl (C=S) groups is 1. The fourth-order valence-electron chi connectivity index (χ4n) is 4.68. The molecule has 1 saturated heterocycles. The van der Waals surface area contributed by atoms with Gasteiger partial charge in [0.15, 0.2) is 5.11 Å². The van der Waals surface area contributed by atoms with E-state index in [0.717, 1.165) is 34.7 Å². The van der Waals surface area contributed by atoms with Gasteiger partial charge in [-0.15, -0.1) is 0 Å². The fourth-order valence-corrected chi connectivity index (χ4v) is 5.59. The Balaban J connectivity index is 1.67. The topological polar surface area (TPSA) is 101 Å². The van der Waals surface area contributed by atoms with Crippen molar-refractivity contribution in [3.05, 3.63) is 96.3 Å². The highest BCUT2D eigenvalue weighted by Gasteiger charge is 2.42. The van der Waals surface area contributed by atoms with Gasteiger partial charge in [-0.05, 0) is 67.7 Å². The van der Waals surface area contributed by atoms with Gasteiger partial charge in [0, 0.05) is 35.5 Å². The summed E-state index contributed by atoms with van der Waals surface area (Å²) >= 11 is 5.86. The summed E-state index contributed by atoms with van der Waals surface area (Å²) in [6.07, 6.45) is 6.43. The van der Waals surface area contributed by atoms with E-state index >= 15 is 0 Å².